The average molecular weight is 815 g/mol. The van der Waals surface area contributed by atoms with Gasteiger partial charge in [-0.25, -0.2) is 19.6 Å². The molecular weight excluding hydrogens is 761 g/mol. The SMILES string of the molecule is COC(=O)N[C@H](C(=O)N1C[C@H]2CCC1(c1nc3ccc(-c4ccc(-c5ccc6nc([C@]78CC[C@H](CN7C(=O)[C@@H](NC(=O)OC)C(C)C)C8)[nH]c6c5)cc4)cc3[nH]1)C2)C(C)C. The van der Waals surface area contributed by atoms with Crippen LogP contribution in [-0.2, 0) is 30.1 Å². The summed E-state index contributed by atoms with van der Waals surface area (Å²) in [5, 5.41) is 5.53. The number of likely N-dealkylation sites (tertiary alicyclic amines) is 2. The number of fused-ring (bicyclic) bond motifs is 6. The predicted molar refractivity (Wildman–Crippen MR) is 226 cm³/mol. The first-order valence-corrected chi connectivity index (χ1v) is 21.3. The molecule has 2 aromatic heterocycles. The van der Waals surface area contributed by atoms with Crippen LogP contribution < -0.4 is 10.6 Å². The molecule has 2 saturated heterocycles. The summed E-state index contributed by atoms with van der Waals surface area (Å²) in [6, 6.07) is 19.6. The lowest BCUT2D eigenvalue weighted by molar-refractivity contribution is -0.141. The number of carbonyl (C=O) groups excluding carboxylic acids is 4. The number of carbonyl (C=O) groups is 4. The number of hydrogen-bond donors (Lipinski definition) is 4. The van der Waals surface area contributed by atoms with E-state index >= 15 is 0 Å². The fourth-order valence-electron chi connectivity index (χ4n) is 10.6. The Bertz CT molecular complexity index is 2320. The molecule has 4 amide bonds. The van der Waals surface area contributed by atoms with Gasteiger partial charge < -0.3 is 39.9 Å². The molecule has 3 aromatic carbocycles. The molecule has 4 fully saturated rings. The van der Waals surface area contributed by atoms with Crippen LogP contribution in [0.3, 0.4) is 0 Å². The molecule has 1 unspecified atom stereocenters. The summed E-state index contributed by atoms with van der Waals surface area (Å²) in [6.45, 7) is 9.01. The smallest absolute Gasteiger partial charge is 0.407 e. The normalized spacial score (nSPS) is 24.1. The summed E-state index contributed by atoms with van der Waals surface area (Å²) in [7, 11) is 2.62. The first-order chi connectivity index (χ1) is 28.8. The van der Waals surface area contributed by atoms with Gasteiger partial charge in [0.05, 0.1) is 36.3 Å². The van der Waals surface area contributed by atoms with Crippen molar-refractivity contribution in [2.75, 3.05) is 27.3 Å². The summed E-state index contributed by atoms with van der Waals surface area (Å²) >= 11 is 0. The molecular formula is C46H54N8O6. The van der Waals surface area contributed by atoms with Crippen molar-refractivity contribution < 1.29 is 28.7 Å². The van der Waals surface area contributed by atoms with Crippen molar-refractivity contribution in [3.05, 3.63) is 72.3 Å². The molecule has 0 spiro atoms. The first kappa shape index (κ1) is 39.5. The highest BCUT2D eigenvalue weighted by Gasteiger charge is 2.58. The maximum Gasteiger partial charge on any atom is 0.407 e. The van der Waals surface area contributed by atoms with Gasteiger partial charge in [0.15, 0.2) is 0 Å². The molecule has 4 bridgehead atoms. The lowest BCUT2D eigenvalue weighted by Crippen LogP contribution is -2.56. The van der Waals surface area contributed by atoms with E-state index in [1.54, 1.807) is 0 Å². The number of aromatic nitrogens is 4. The summed E-state index contributed by atoms with van der Waals surface area (Å²) in [6.07, 6.45) is 4.16. The molecule has 0 radical (unpaired) electrons. The van der Waals surface area contributed by atoms with E-state index in [1.165, 1.54) is 14.2 Å². The number of rotatable bonds is 10. The molecule has 4 N–H and O–H groups in total. The van der Waals surface area contributed by atoms with Crippen molar-refractivity contribution in [3.63, 3.8) is 0 Å². The average Bonchev–Trinajstić information content (AvgIpc) is 4.12. The van der Waals surface area contributed by atoms with E-state index < -0.39 is 35.3 Å². The summed E-state index contributed by atoms with van der Waals surface area (Å²) in [5.74, 6) is 1.96. The number of methoxy groups -OCH3 is 2. The number of alkyl carbamates (subject to hydrolysis) is 2. The van der Waals surface area contributed by atoms with Crippen LogP contribution in [0.4, 0.5) is 9.59 Å². The Morgan fingerprint density at radius 1 is 0.633 bits per heavy atom. The Balaban J connectivity index is 0.946. The van der Waals surface area contributed by atoms with E-state index in [2.05, 4.69) is 69.1 Å². The second kappa shape index (κ2) is 15.0. The number of benzene rings is 3. The summed E-state index contributed by atoms with van der Waals surface area (Å²) < 4.78 is 9.68. The third-order valence-corrected chi connectivity index (χ3v) is 13.8. The van der Waals surface area contributed by atoms with Crippen molar-refractivity contribution in [2.45, 2.75) is 89.4 Å². The molecule has 9 rings (SSSR count). The zero-order chi connectivity index (χ0) is 42.1. The molecule has 60 heavy (non-hydrogen) atoms. The zero-order valence-corrected chi connectivity index (χ0v) is 35.1. The molecule has 5 aromatic rings. The Kier molecular flexibility index (Phi) is 9.86. The number of aromatic amines is 2. The highest BCUT2D eigenvalue weighted by molar-refractivity contribution is 5.89. The minimum Gasteiger partial charge on any atom is -0.453 e. The van der Waals surface area contributed by atoms with Gasteiger partial charge in [0.25, 0.3) is 0 Å². The van der Waals surface area contributed by atoms with E-state index in [0.717, 1.165) is 94.5 Å². The van der Waals surface area contributed by atoms with Crippen LogP contribution in [-0.4, -0.2) is 93.1 Å². The van der Waals surface area contributed by atoms with Crippen molar-refractivity contribution >= 4 is 46.1 Å². The van der Waals surface area contributed by atoms with Crippen molar-refractivity contribution in [2.24, 2.45) is 23.7 Å². The lowest BCUT2D eigenvalue weighted by atomic mass is 9.93. The summed E-state index contributed by atoms with van der Waals surface area (Å²) in [4.78, 5) is 73.6. The molecule has 2 aliphatic carbocycles. The number of nitrogens with zero attached hydrogens (tertiary/aromatic N) is 4. The van der Waals surface area contributed by atoms with Gasteiger partial charge in [0, 0.05) is 13.1 Å². The largest absolute Gasteiger partial charge is 0.453 e. The quantitative estimate of drug-likeness (QED) is 0.114. The number of ether oxygens (including phenoxy) is 2. The third-order valence-electron chi connectivity index (χ3n) is 13.8. The van der Waals surface area contributed by atoms with Gasteiger partial charge in [-0.3, -0.25) is 9.59 Å². The number of nitrogens with one attached hydrogen (secondary N) is 4. The minimum absolute atomic E-state index is 0.101. The van der Waals surface area contributed by atoms with Gasteiger partial charge in [-0.05, 0) is 109 Å². The topological polar surface area (TPSA) is 175 Å². The number of H-pyrrole nitrogens is 2. The third kappa shape index (κ3) is 6.55. The number of hydrogen-bond acceptors (Lipinski definition) is 8. The highest BCUT2D eigenvalue weighted by atomic mass is 16.5. The fraction of sp³-hybridized carbons (Fsp3) is 0.478. The molecule has 4 heterocycles. The summed E-state index contributed by atoms with van der Waals surface area (Å²) in [5.41, 5.74) is 6.65. The first-order valence-electron chi connectivity index (χ1n) is 21.3. The maximum absolute atomic E-state index is 14.0. The van der Waals surface area contributed by atoms with Crippen LogP contribution >= 0.6 is 0 Å². The standard InChI is InChI=1S/C46H54N8O6/c1-25(2)37(51-43(57)59-5)39(55)53-23-27-15-17-45(53,21-27)41-47-33-13-11-31(19-35(33)49-41)29-7-9-30(10-8-29)32-12-14-34-36(20-32)50-42(48-34)46-18-16-28(22-46)24-54(46)40(56)38(26(3)4)52-44(58)60-6/h7-14,19-20,25-28,37-38H,15-18,21-24H2,1-6H3,(H,47,49)(H,48,50)(H,51,57)(H,52,58)/t27-,28-,37-,38-,45+,46?/m0/s1. The molecule has 14 heteroatoms. The number of amides is 4. The zero-order valence-electron chi connectivity index (χ0n) is 35.1. The van der Waals surface area contributed by atoms with Gasteiger partial charge in [0.1, 0.15) is 34.8 Å². The van der Waals surface area contributed by atoms with Gasteiger partial charge in [-0.2, -0.15) is 0 Å². The Hall–Kier alpha value is -5.92. The highest BCUT2D eigenvalue weighted by Crippen LogP contribution is 2.54. The second-order valence-electron chi connectivity index (χ2n) is 18.1. The van der Waals surface area contributed by atoms with Crippen molar-refractivity contribution in [1.82, 2.24) is 40.4 Å². The van der Waals surface area contributed by atoms with Crippen molar-refractivity contribution in [1.29, 1.82) is 0 Å². The Morgan fingerprint density at radius 2 is 1.02 bits per heavy atom. The predicted octanol–water partition coefficient (Wildman–Crippen LogP) is 7.21. The van der Waals surface area contributed by atoms with Gasteiger partial charge >= 0.3 is 12.2 Å². The molecule has 2 aliphatic heterocycles. The van der Waals surface area contributed by atoms with E-state index in [4.69, 9.17) is 19.4 Å². The molecule has 14 nitrogen and oxygen atoms in total. The van der Waals surface area contributed by atoms with Crippen LogP contribution in [0.25, 0.3) is 44.3 Å². The Labute approximate surface area is 349 Å². The van der Waals surface area contributed by atoms with Crippen LogP contribution in [0.5, 0.6) is 0 Å². The van der Waals surface area contributed by atoms with Gasteiger partial charge in [-0.15, -0.1) is 0 Å². The van der Waals surface area contributed by atoms with E-state index in [9.17, 15) is 19.2 Å². The van der Waals surface area contributed by atoms with E-state index in [0.29, 0.717) is 24.9 Å². The molecule has 314 valence electrons. The minimum atomic E-state index is -0.691. The fourth-order valence-corrected chi connectivity index (χ4v) is 10.6. The Morgan fingerprint density at radius 3 is 1.37 bits per heavy atom. The van der Waals surface area contributed by atoms with Gasteiger partial charge in [-0.1, -0.05) is 64.1 Å². The van der Waals surface area contributed by atoms with Crippen molar-refractivity contribution in [3.8, 4) is 22.3 Å². The van der Waals surface area contributed by atoms with E-state index in [1.807, 2.05) is 49.6 Å². The number of imidazole rings is 2. The lowest BCUT2D eigenvalue weighted by Gasteiger charge is -2.40. The van der Waals surface area contributed by atoms with Crippen LogP contribution in [0.1, 0.15) is 77.9 Å². The van der Waals surface area contributed by atoms with E-state index in [-0.39, 0.29) is 23.7 Å². The van der Waals surface area contributed by atoms with Crippen LogP contribution in [0, 0.1) is 23.7 Å². The molecule has 6 atom stereocenters. The van der Waals surface area contributed by atoms with Crippen LogP contribution in [0.15, 0.2) is 60.7 Å². The number of piperidine rings is 2. The monoisotopic (exact) mass is 814 g/mol. The molecule has 4 aliphatic rings. The van der Waals surface area contributed by atoms with Gasteiger partial charge in [0.2, 0.25) is 11.8 Å². The molecule has 2 saturated carbocycles. The van der Waals surface area contributed by atoms with Crippen LogP contribution in [0.2, 0.25) is 0 Å². The second-order valence-corrected chi connectivity index (χ2v) is 18.1. The maximum atomic E-state index is 14.0.